The first kappa shape index (κ1) is 47.2. The number of unbranched alkanes of at least 4 members (excludes halogenated alkanes) is 14. The summed E-state index contributed by atoms with van der Waals surface area (Å²) in [6, 6.07) is 0. The molecule has 6 unspecified atom stereocenters. The van der Waals surface area contributed by atoms with Crippen LogP contribution in [0.15, 0.2) is 48.6 Å². The van der Waals surface area contributed by atoms with Gasteiger partial charge in [0.1, 0.15) is 30.5 Å². The van der Waals surface area contributed by atoms with Crippen LogP contribution in [0.3, 0.4) is 0 Å². The molecule has 1 saturated heterocycles. The molecule has 1 aliphatic rings. The first-order valence-electron chi connectivity index (χ1n) is 20.2. The lowest BCUT2D eigenvalue weighted by Gasteiger charge is -2.39. The van der Waals surface area contributed by atoms with Crippen LogP contribution in [0.25, 0.3) is 0 Å². The Morgan fingerprint density at radius 2 is 1.20 bits per heavy atom. The molecule has 0 aromatic heterocycles. The van der Waals surface area contributed by atoms with Crippen molar-refractivity contribution in [2.24, 2.45) is 0 Å². The third kappa shape index (κ3) is 25.7. The number of rotatable bonds is 33. The molecule has 1 rings (SSSR count). The summed E-state index contributed by atoms with van der Waals surface area (Å²) >= 11 is 0. The minimum atomic E-state index is -1.54. The van der Waals surface area contributed by atoms with Gasteiger partial charge in [0, 0.05) is 13.0 Å². The van der Waals surface area contributed by atoms with Crippen molar-refractivity contribution in [1.82, 2.24) is 0 Å². The van der Waals surface area contributed by atoms with Crippen molar-refractivity contribution in [2.75, 3.05) is 26.4 Å². The van der Waals surface area contributed by atoms with E-state index in [0.29, 0.717) is 13.0 Å². The van der Waals surface area contributed by atoms with Gasteiger partial charge in [0.2, 0.25) is 0 Å². The van der Waals surface area contributed by atoms with E-state index >= 15 is 0 Å². The lowest BCUT2D eigenvalue weighted by atomic mass is 9.99. The Labute approximate surface area is 310 Å². The number of ether oxygens (including phenoxy) is 4. The minimum Gasteiger partial charge on any atom is -0.457 e. The van der Waals surface area contributed by atoms with Crippen molar-refractivity contribution in [3.05, 3.63) is 48.6 Å². The molecule has 0 spiro atoms. The molecular formula is C42H74O9. The van der Waals surface area contributed by atoms with Gasteiger partial charge in [-0.3, -0.25) is 4.79 Å². The van der Waals surface area contributed by atoms with Crippen molar-refractivity contribution in [3.63, 3.8) is 0 Å². The highest BCUT2D eigenvalue weighted by Crippen LogP contribution is 2.22. The van der Waals surface area contributed by atoms with Crippen LogP contribution in [-0.2, 0) is 23.7 Å². The topological polar surface area (TPSA) is 135 Å². The second-order valence-electron chi connectivity index (χ2n) is 13.7. The summed E-state index contributed by atoms with van der Waals surface area (Å²) in [7, 11) is 0. The average Bonchev–Trinajstić information content (AvgIpc) is 3.13. The molecule has 1 aliphatic heterocycles. The predicted octanol–water partition coefficient (Wildman–Crippen LogP) is 8.19. The first-order valence-corrected chi connectivity index (χ1v) is 20.2. The third-order valence-corrected chi connectivity index (χ3v) is 9.01. The molecule has 6 atom stereocenters. The number of aliphatic hydroxyl groups is 4. The van der Waals surface area contributed by atoms with Crippen molar-refractivity contribution in [3.8, 4) is 0 Å². The second kappa shape index (κ2) is 34.0. The highest BCUT2D eigenvalue weighted by Gasteiger charge is 2.44. The first-order chi connectivity index (χ1) is 24.9. The van der Waals surface area contributed by atoms with Gasteiger partial charge in [0.05, 0.1) is 19.8 Å². The maximum Gasteiger partial charge on any atom is 0.306 e. The lowest BCUT2D eigenvalue weighted by molar-refractivity contribution is -0.305. The van der Waals surface area contributed by atoms with Crippen LogP contribution in [0.4, 0.5) is 0 Å². The fourth-order valence-electron chi connectivity index (χ4n) is 5.83. The van der Waals surface area contributed by atoms with E-state index in [1.807, 2.05) is 0 Å². The summed E-state index contributed by atoms with van der Waals surface area (Å²) in [5.41, 5.74) is 0. The molecule has 0 aromatic rings. The van der Waals surface area contributed by atoms with Gasteiger partial charge in [0.15, 0.2) is 6.29 Å². The Morgan fingerprint density at radius 1 is 0.647 bits per heavy atom. The van der Waals surface area contributed by atoms with Crippen LogP contribution in [0.5, 0.6) is 0 Å². The standard InChI is InChI=1S/C42H74O9/c1-3-5-7-9-11-13-14-15-16-17-18-19-20-21-22-23-24-26-28-30-32-48-34-36(50-38(44)31-29-27-25-12-10-8-6-4-2)35-49-42-41(47)40(46)39(45)37(33-43)51-42/h5,7,11,13,15-16,18-19,36-37,39-43,45-47H,3-4,6,8-10,12,14,17,20-35H2,1-2H3/b7-5-,13-11-,16-15-,19-18-. The molecule has 0 radical (unpaired) electrons. The Morgan fingerprint density at radius 3 is 1.80 bits per heavy atom. The normalized spacial score (nSPS) is 21.9. The van der Waals surface area contributed by atoms with E-state index in [1.165, 1.54) is 57.8 Å². The zero-order chi connectivity index (χ0) is 37.2. The van der Waals surface area contributed by atoms with Crippen molar-refractivity contribution >= 4 is 5.97 Å². The maximum absolute atomic E-state index is 12.6. The number of allylic oxidation sites excluding steroid dienone is 8. The summed E-state index contributed by atoms with van der Waals surface area (Å²) in [5.74, 6) is -0.325. The second-order valence-corrected chi connectivity index (χ2v) is 13.7. The number of carbonyl (C=O) groups is 1. The van der Waals surface area contributed by atoms with Crippen LogP contribution < -0.4 is 0 Å². The van der Waals surface area contributed by atoms with Gasteiger partial charge >= 0.3 is 5.97 Å². The van der Waals surface area contributed by atoms with Crippen molar-refractivity contribution in [2.45, 2.75) is 185 Å². The molecule has 0 aromatic carbocycles. The summed E-state index contributed by atoms with van der Waals surface area (Å²) < 4.78 is 22.7. The Hall–Kier alpha value is -1.85. The molecule has 0 amide bonds. The van der Waals surface area contributed by atoms with E-state index in [9.17, 15) is 25.2 Å². The van der Waals surface area contributed by atoms with Crippen molar-refractivity contribution < 1.29 is 44.2 Å². The van der Waals surface area contributed by atoms with E-state index in [-0.39, 0.29) is 19.2 Å². The number of esters is 1. The smallest absolute Gasteiger partial charge is 0.306 e. The fraction of sp³-hybridized carbons (Fsp3) is 0.786. The highest BCUT2D eigenvalue weighted by atomic mass is 16.7. The van der Waals surface area contributed by atoms with E-state index in [1.54, 1.807) is 0 Å². The Balaban J connectivity index is 2.25. The largest absolute Gasteiger partial charge is 0.457 e. The molecule has 51 heavy (non-hydrogen) atoms. The number of aliphatic hydroxyl groups excluding tert-OH is 4. The minimum absolute atomic E-state index is 0.118. The molecule has 1 fully saturated rings. The van der Waals surface area contributed by atoms with E-state index in [0.717, 1.165) is 70.6 Å². The molecule has 0 aliphatic carbocycles. The quantitative estimate of drug-likeness (QED) is 0.0301. The Kier molecular flexibility index (Phi) is 31.4. The SMILES string of the molecule is CC/C=C\C/C=C\C/C=C\C/C=C\CCCCCCCCCOCC(COC1OC(CO)C(O)C(O)C1O)OC(=O)CCCCCCCCCC. The predicted molar refractivity (Wildman–Crippen MR) is 205 cm³/mol. The van der Waals surface area contributed by atoms with Gasteiger partial charge in [-0.1, -0.05) is 140 Å². The van der Waals surface area contributed by atoms with Crippen LogP contribution in [0, 0.1) is 0 Å². The molecule has 4 N–H and O–H groups in total. The average molecular weight is 723 g/mol. The fourth-order valence-corrected chi connectivity index (χ4v) is 5.83. The number of hydrogen-bond acceptors (Lipinski definition) is 9. The summed E-state index contributed by atoms with van der Waals surface area (Å²) in [6.45, 7) is 4.37. The van der Waals surface area contributed by atoms with E-state index in [4.69, 9.17) is 18.9 Å². The molecular weight excluding hydrogens is 648 g/mol. The molecule has 0 bridgehead atoms. The zero-order valence-electron chi connectivity index (χ0n) is 32.1. The Bertz CT molecular complexity index is 916. The number of hydrogen-bond donors (Lipinski definition) is 4. The van der Waals surface area contributed by atoms with Gasteiger partial charge in [-0.15, -0.1) is 0 Å². The molecule has 0 saturated carbocycles. The summed E-state index contributed by atoms with van der Waals surface area (Å²) in [4.78, 5) is 12.6. The molecule has 1 heterocycles. The number of carbonyl (C=O) groups excluding carboxylic acids is 1. The van der Waals surface area contributed by atoms with Crippen LogP contribution in [-0.4, -0.2) is 89.6 Å². The molecule has 296 valence electrons. The maximum atomic E-state index is 12.6. The zero-order valence-corrected chi connectivity index (χ0v) is 32.1. The monoisotopic (exact) mass is 723 g/mol. The van der Waals surface area contributed by atoms with Gasteiger partial charge in [0.25, 0.3) is 0 Å². The van der Waals surface area contributed by atoms with Gasteiger partial charge in [-0.05, 0) is 51.4 Å². The van der Waals surface area contributed by atoms with Gasteiger partial charge in [-0.2, -0.15) is 0 Å². The highest BCUT2D eigenvalue weighted by molar-refractivity contribution is 5.69. The summed E-state index contributed by atoms with van der Waals surface area (Å²) in [5, 5.41) is 39.9. The van der Waals surface area contributed by atoms with Gasteiger partial charge < -0.3 is 39.4 Å². The van der Waals surface area contributed by atoms with Gasteiger partial charge in [-0.25, -0.2) is 0 Å². The lowest BCUT2D eigenvalue weighted by Crippen LogP contribution is -2.59. The van der Waals surface area contributed by atoms with E-state index in [2.05, 4.69) is 62.5 Å². The van der Waals surface area contributed by atoms with Crippen molar-refractivity contribution in [1.29, 1.82) is 0 Å². The van der Waals surface area contributed by atoms with Crippen LogP contribution >= 0.6 is 0 Å². The van der Waals surface area contributed by atoms with Crippen LogP contribution in [0.1, 0.15) is 149 Å². The van der Waals surface area contributed by atoms with E-state index < -0.39 is 43.4 Å². The summed E-state index contributed by atoms with van der Waals surface area (Å²) in [6.07, 6.45) is 32.9. The molecule has 9 nitrogen and oxygen atoms in total. The van der Waals surface area contributed by atoms with Crippen LogP contribution in [0.2, 0.25) is 0 Å². The molecule has 9 heteroatoms. The third-order valence-electron chi connectivity index (χ3n) is 9.01.